The highest BCUT2D eigenvalue weighted by atomic mass is 19.2. The minimum atomic E-state index is -0.816. The van der Waals surface area contributed by atoms with Gasteiger partial charge in [0.25, 0.3) is 0 Å². The van der Waals surface area contributed by atoms with Crippen molar-refractivity contribution in [2.75, 3.05) is 6.54 Å². The monoisotopic (exact) mass is 345 g/mol. The highest BCUT2D eigenvalue weighted by Gasteiger charge is 2.28. The van der Waals surface area contributed by atoms with Crippen LogP contribution >= 0.6 is 0 Å². The van der Waals surface area contributed by atoms with E-state index in [1.807, 2.05) is 18.2 Å². The maximum atomic E-state index is 14.0. The second kappa shape index (κ2) is 7.70. The molecule has 0 unspecified atom stereocenters. The van der Waals surface area contributed by atoms with Crippen molar-refractivity contribution in [2.24, 2.45) is 0 Å². The number of carbonyl (C=O) groups excluding carboxylic acids is 1. The van der Waals surface area contributed by atoms with Gasteiger partial charge < -0.3 is 5.32 Å². The smallest absolute Gasteiger partial charge is 0.217 e. The Hall–Kier alpha value is -2.34. The molecule has 0 aliphatic carbocycles. The molecule has 1 aliphatic heterocycles. The fraction of sp³-hybridized carbons (Fsp3) is 0.368. The fourth-order valence-corrected chi connectivity index (χ4v) is 3.24. The highest BCUT2D eigenvalue weighted by Crippen LogP contribution is 2.32. The number of pyridine rings is 1. The van der Waals surface area contributed by atoms with E-state index >= 15 is 0 Å². The molecule has 3 rings (SSSR count). The second-order valence-corrected chi connectivity index (χ2v) is 6.30. The van der Waals surface area contributed by atoms with E-state index in [1.165, 1.54) is 13.0 Å². The van der Waals surface area contributed by atoms with Gasteiger partial charge in [-0.2, -0.15) is 0 Å². The van der Waals surface area contributed by atoms with E-state index < -0.39 is 11.6 Å². The third-order valence-electron chi connectivity index (χ3n) is 4.46. The van der Waals surface area contributed by atoms with Crippen molar-refractivity contribution in [2.45, 2.75) is 38.9 Å². The van der Waals surface area contributed by atoms with E-state index in [0.29, 0.717) is 18.7 Å². The summed E-state index contributed by atoms with van der Waals surface area (Å²) in [4.78, 5) is 17.8. The molecule has 1 amide bonds. The number of hydrogen-bond donors (Lipinski definition) is 1. The van der Waals surface area contributed by atoms with E-state index in [9.17, 15) is 13.6 Å². The molecule has 0 radical (unpaired) electrons. The van der Waals surface area contributed by atoms with Gasteiger partial charge in [-0.15, -0.1) is 0 Å². The molecule has 4 nitrogen and oxygen atoms in total. The molecule has 0 bridgehead atoms. The SMILES string of the molecule is CC(=O)NCc1cccc([C@@H]2CCCN2Cc2cccc(F)c2F)n1. The first-order valence-corrected chi connectivity index (χ1v) is 8.42. The third-order valence-corrected chi connectivity index (χ3v) is 4.46. The molecular formula is C19H21F2N3O. The number of nitrogens with one attached hydrogen (secondary N) is 1. The second-order valence-electron chi connectivity index (χ2n) is 6.30. The lowest BCUT2D eigenvalue weighted by molar-refractivity contribution is -0.119. The van der Waals surface area contributed by atoms with Crippen LogP contribution in [-0.2, 0) is 17.9 Å². The lowest BCUT2D eigenvalue weighted by Crippen LogP contribution is -2.25. The van der Waals surface area contributed by atoms with E-state index in [2.05, 4.69) is 15.2 Å². The Labute approximate surface area is 145 Å². The average molecular weight is 345 g/mol. The lowest BCUT2D eigenvalue weighted by Gasteiger charge is -2.24. The van der Waals surface area contributed by atoms with E-state index in [-0.39, 0.29) is 11.9 Å². The molecule has 1 fully saturated rings. The summed E-state index contributed by atoms with van der Waals surface area (Å²) in [5, 5.41) is 2.74. The molecule has 1 aliphatic rings. The zero-order chi connectivity index (χ0) is 17.8. The number of hydrogen-bond acceptors (Lipinski definition) is 3. The maximum Gasteiger partial charge on any atom is 0.217 e. The van der Waals surface area contributed by atoms with Crippen molar-refractivity contribution in [3.05, 3.63) is 65.0 Å². The quantitative estimate of drug-likeness (QED) is 0.904. The van der Waals surface area contributed by atoms with E-state index in [1.54, 1.807) is 6.07 Å². The van der Waals surface area contributed by atoms with Crippen LogP contribution < -0.4 is 5.32 Å². The number of carbonyl (C=O) groups is 1. The van der Waals surface area contributed by atoms with Gasteiger partial charge in [-0.3, -0.25) is 14.7 Å². The van der Waals surface area contributed by atoms with Crippen molar-refractivity contribution in [1.29, 1.82) is 0 Å². The molecule has 6 heteroatoms. The van der Waals surface area contributed by atoms with Gasteiger partial charge in [-0.1, -0.05) is 18.2 Å². The average Bonchev–Trinajstić information content (AvgIpc) is 3.06. The molecule has 0 spiro atoms. The topological polar surface area (TPSA) is 45.2 Å². The van der Waals surface area contributed by atoms with Crippen molar-refractivity contribution < 1.29 is 13.6 Å². The summed E-state index contributed by atoms with van der Waals surface area (Å²) in [7, 11) is 0. The van der Waals surface area contributed by atoms with E-state index in [4.69, 9.17) is 0 Å². The van der Waals surface area contributed by atoms with Gasteiger partial charge in [0, 0.05) is 19.0 Å². The summed E-state index contributed by atoms with van der Waals surface area (Å²) >= 11 is 0. The Morgan fingerprint density at radius 3 is 2.88 bits per heavy atom. The first kappa shape index (κ1) is 17.5. The third kappa shape index (κ3) is 4.20. The van der Waals surface area contributed by atoms with Gasteiger partial charge in [0.2, 0.25) is 5.91 Å². The van der Waals surface area contributed by atoms with E-state index in [0.717, 1.165) is 36.8 Å². The summed E-state index contributed by atoms with van der Waals surface area (Å²) in [5.74, 6) is -1.69. The Balaban J connectivity index is 1.76. The first-order chi connectivity index (χ1) is 12.0. The predicted molar refractivity (Wildman–Crippen MR) is 90.5 cm³/mol. The molecule has 2 heterocycles. The van der Waals surface area contributed by atoms with Crippen LogP contribution in [0.4, 0.5) is 8.78 Å². The summed E-state index contributed by atoms with van der Waals surface area (Å²) in [6.45, 7) is 3.02. The fourth-order valence-electron chi connectivity index (χ4n) is 3.24. The number of halogens is 2. The highest BCUT2D eigenvalue weighted by molar-refractivity contribution is 5.72. The minimum Gasteiger partial charge on any atom is -0.351 e. The number of benzene rings is 1. The minimum absolute atomic E-state index is 0.0694. The lowest BCUT2D eigenvalue weighted by atomic mass is 10.1. The summed E-state index contributed by atoms with van der Waals surface area (Å²) < 4.78 is 27.4. The molecule has 1 aromatic carbocycles. The zero-order valence-electron chi connectivity index (χ0n) is 14.1. The molecule has 1 saturated heterocycles. The molecule has 0 saturated carbocycles. The zero-order valence-corrected chi connectivity index (χ0v) is 14.1. The van der Waals surface area contributed by atoms with Crippen LogP contribution in [-0.4, -0.2) is 22.3 Å². The molecular weight excluding hydrogens is 324 g/mol. The van der Waals surface area contributed by atoms with Gasteiger partial charge in [0.1, 0.15) is 0 Å². The molecule has 1 N–H and O–H groups in total. The van der Waals surface area contributed by atoms with Crippen LogP contribution in [0.25, 0.3) is 0 Å². The van der Waals surface area contributed by atoms with Crippen LogP contribution in [0.15, 0.2) is 36.4 Å². The van der Waals surface area contributed by atoms with Crippen molar-refractivity contribution >= 4 is 5.91 Å². The number of aromatic nitrogens is 1. The standard InChI is InChI=1S/C19H21F2N3O/c1-13(25)22-11-15-6-3-8-17(23-15)18-9-4-10-24(18)12-14-5-2-7-16(20)19(14)21/h2-3,5-8,18H,4,9-12H2,1H3,(H,22,25)/t18-/m0/s1. The number of likely N-dealkylation sites (tertiary alicyclic amines) is 1. The predicted octanol–water partition coefficient (Wildman–Crippen LogP) is 3.33. The van der Waals surface area contributed by atoms with Crippen molar-refractivity contribution in [3.63, 3.8) is 0 Å². The van der Waals surface area contributed by atoms with Gasteiger partial charge in [-0.05, 0) is 37.6 Å². The van der Waals surface area contributed by atoms with Crippen molar-refractivity contribution in [3.8, 4) is 0 Å². The van der Waals surface area contributed by atoms with Crippen LogP contribution in [0.1, 0.15) is 42.8 Å². The summed E-state index contributed by atoms with van der Waals surface area (Å²) in [5.41, 5.74) is 2.05. The number of nitrogens with zero attached hydrogens (tertiary/aromatic N) is 2. The molecule has 132 valence electrons. The van der Waals surface area contributed by atoms with Crippen LogP contribution in [0.5, 0.6) is 0 Å². The maximum absolute atomic E-state index is 14.0. The molecule has 1 atom stereocenters. The Morgan fingerprint density at radius 1 is 1.28 bits per heavy atom. The van der Waals surface area contributed by atoms with Gasteiger partial charge in [0.15, 0.2) is 11.6 Å². The Kier molecular flexibility index (Phi) is 5.38. The van der Waals surface area contributed by atoms with Gasteiger partial charge >= 0.3 is 0 Å². The van der Waals surface area contributed by atoms with Gasteiger partial charge in [0.05, 0.1) is 24.0 Å². The normalized spacial score (nSPS) is 17.6. The van der Waals surface area contributed by atoms with Gasteiger partial charge in [-0.25, -0.2) is 8.78 Å². The Bertz CT molecular complexity index is 766. The number of rotatable bonds is 5. The summed E-state index contributed by atoms with van der Waals surface area (Å²) in [6.07, 6.45) is 1.91. The molecule has 2 aromatic rings. The van der Waals surface area contributed by atoms with Crippen LogP contribution in [0, 0.1) is 11.6 Å². The number of amides is 1. The first-order valence-electron chi connectivity index (χ1n) is 8.42. The van der Waals surface area contributed by atoms with Crippen LogP contribution in [0.3, 0.4) is 0 Å². The van der Waals surface area contributed by atoms with Crippen LogP contribution in [0.2, 0.25) is 0 Å². The van der Waals surface area contributed by atoms with Crippen molar-refractivity contribution in [1.82, 2.24) is 15.2 Å². The summed E-state index contributed by atoms with van der Waals surface area (Å²) in [6, 6.07) is 10.1. The molecule has 25 heavy (non-hydrogen) atoms. The molecule has 1 aromatic heterocycles. The largest absolute Gasteiger partial charge is 0.351 e. The Morgan fingerprint density at radius 2 is 2.08 bits per heavy atom.